The first kappa shape index (κ1) is 27.8. The summed E-state index contributed by atoms with van der Waals surface area (Å²) in [7, 11) is 1.99. The van der Waals surface area contributed by atoms with Gasteiger partial charge in [-0.1, -0.05) is 18.6 Å². The fourth-order valence-corrected chi connectivity index (χ4v) is 3.93. The number of allylic oxidation sites excluding steroid dienone is 1. The van der Waals surface area contributed by atoms with E-state index in [4.69, 9.17) is 0 Å². The second kappa shape index (κ2) is 12.1. The summed E-state index contributed by atoms with van der Waals surface area (Å²) < 4.78 is 43.2. The standard InChI is InChI=1S/C28H28F3N7O/c1-20(4-7-24-17-34-26-8-9-32-19-38(24)26)15-33-16-21(2)27(39)35-23-6-5-22(25(14-23)28(29,30)31)18-37-12-10-36(3)11-13-37/h5-6,8-9,14-17,19H,1,10-13,18H2,2-3H3,(H,35,39)/b21-16+,33-15?. The van der Waals surface area contributed by atoms with Crippen LogP contribution >= 0.6 is 0 Å². The fourth-order valence-electron chi connectivity index (χ4n) is 3.93. The summed E-state index contributed by atoms with van der Waals surface area (Å²) in [5.74, 6) is 5.22. The first-order valence-electron chi connectivity index (χ1n) is 12.2. The van der Waals surface area contributed by atoms with Crippen molar-refractivity contribution in [2.45, 2.75) is 19.6 Å². The summed E-state index contributed by atoms with van der Waals surface area (Å²) in [6, 6.07) is 5.65. The van der Waals surface area contributed by atoms with Gasteiger partial charge in [-0.05, 0) is 43.7 Å². The number of rotatable bonds is 6. The number of fused-ring (bicyclic) bond motifs is 1. The summed E-state index contributed by atoms with van der Waals surface area (Å²) in [6.07, 6.45) is 3.00. The molecule has 3 heterocycles. The van der Waals surface area contributed by atoms with Gasteiger partial charge in [-0.3, -0.25) is 19.1 Å². The van der Waals surface area contributed by atoms with Crippen molar-refractivity contribution < 1.29 is 18.0 Å². The van der Waals surface area contributed by atoms with Crippen LogP contribution in [-0.4, -0.2) is 69.5 Å². The zero-order valence-corrected chi connectivity index (χ0v) is 21.7. The van der Waals surface area contributed by atoms with Crippen LogP contribution in [-0.2, 0) is 17.5 Å². The van der Waals surface area contributed by atoms with E-state index in [1.807, 2.05) is 11.9 Å². The van der Waals surface area contributed by atoms with Crippen molar-refractivity contribution in [2.24, 2.45) is 4.99 Å². The molecule has 8 nitrogen and oxygen atoms in total. The molecular formula is C28H28F3N7O. The Labute approximate surface area is 224 Å². The van der Waals surface area contributed by atoms with E-state index in [0.29, 0.717) is 30.0 Å². The molecule has 2 aromatic heterocycles. The Morgan fingerprint density at radius 2 is 2.00 bits per heavy atom. The van der Waals surface area contributed by atoms with Crippen molar-refractivity contribution in [2.75, 3.05) is 38.5 Å². The summed E-state index contributed by atoms with van der Waals surface area (Å²) in [5.41, 5.74) is 1.43. The molecule has 0 unspecified atom stereocenters. The Kier molecular flexibility index (Phi) is 8.59. The molecule has 0 saturated carbocycles. The Hall–Kier alpha value is -4.27. The van der Waals surface area contributed by atoms with Gasteiger partial charge in [-0.25, -0.2) is 9.97 Å². The topological polar surface area (TPSA) is 78.1 Å². The first-order valence-corrected chi connectivity index (χ1v) is 12.2. The summed E-state index contributed by atoms with van der Waals surface area (Å²) >= 11 is 0. The van der Waals surface area contributed by atoms with Crippen molar-refractivity contribution in [1.29, 1.82) is 0 Å². The molecular weight excluding hydrogens is 507 g/mol. The third kappa shape index (κ3) is 7.40. The zero-order chi connectivity index (χ0) is 28.0. The minimum absolute atomic E-state index is 0.0592. The highest BCUT2D eigenvalue weighted by Gasteiger charge is 2.34. The van der Waals surface area contributed by atoms with E-state index in [1.54, 1.807) is 29.2 Å². The number of aromatic nitrogens is 3. The van der Waals surface area contributed by atoms with Gasteiger partial charge < -0.3 is 10.2 Å². The van der Waals surface area contributed by atoms with Gasteiger partial charge in [0.25, 0.3) is 5.91 Å². The molecule has 11 heteroatoms. The van der Waals surface area contributed by atoms with E-state index < -0.39 is 17.6 Å². The highest BCUT2D eigenvalue weighted by molar-refractivity contribution is 6.03. The van der Waals surface area contributed by atoms with Gasteiger partial charge in [0.15, 0.2) is 0 Å². The van der Waals surface area contributed by atoms with Gasteiger partial charge in [0, 0.05) is 68.2 Å². The lowest BCUT2D eigenvalue weighted by atomic mass is 10.0. The maximum atomic E-state index is 13.8. The van der Waals surface area contributed by atoms with Gasteiger partial charge >= 0.3 is 6.18 Å². The molecule has 0 bridgehead atoms. The number of alkyl halides is 3. The van der Waals surface area contributed by atoms with Crippen LogP contribution < -0.4 is 5.32 Å². The van der Waals surface area contributed by atoms with Crippen LogP contribution in [0.4, 0.5) is 18.9 Å². The second-order valence-corrected chi connectivity index (χ2v) is 9.22. The predicted molar refractivity (Wildman–Crippen MR) is 144 cm³/mol. The molecule has 1 aromatic carbocycles. The molecule has 3 aromatic rings. The number of nitrogens with zero attached hydrogens (tertiary/aromatic N) is 6. The molecule has 39 heavy (non-hydrogen) atoms. The lowest BCUT2D eigenvalue weighted by Crippen LogP contribution is -2.44. The monoisotopic (exact) mass is 535 g/mol. The molecule has 0 spiro atoms. The number of carbonyl (C=O) groups is 1. The molecule has 1 amide bonds. The smallest absolute Gasteiger partial charge is 0.322 e. The number of halogens is 3. The Morgan fingerprint density at radius 3 is 2.74 bits per heavy atom. The van der Waals surface area contributed by atoms with Crippen molar-refractivity contribution in [3.63, 3.8) is 0 Å². The number of hydrogen-bond acceptors (Lipinski definition) is 6. The van der Waals surface area contributed by atoms with Gasteiger partial charge in [0.2, 0.25) is 0 Å². The molecule has 4 rings (SSSR count). The van der Waals surface area contributed by atoms with E-state index in [-0.39, 0.29) is 23.4 Å². The molecule has 1 saturated heterocycles. The maximum absolute atomic E-state index is 13.8. The molecule has 1 fully saturated rings. The van der Waals surface area contributed by atoms with Crippen LogP contribution in [0.2, 0.25) is 0 Å². The van der Waals surface area contributed by atoms with Crippen LogP contribution in [0.5, 0.6) is 0 Å². The highest BCUT2D eigenvalue weighted by atomic mass is 19.4. The fraction of sp³-hybridized carbons (Fsp3) is 0.286. The number of imidazole rings is 1. The molecule has 0 radical (unpaired) electrons. The second-order valence-electron chi connectivity index (χ2n) is 9.22. The quantitative estimate of drug-likeness (QED) is 0.293. The lowest BCUT2D eigenvalue weighted by Gasteiger charge is -2.33. The van der Waals surface area contributed by atoms with Crippen LogP contribution in [0.15, 0.2) is 71.9 Å². The van der Waals surface area contributed by atoms with Gasteiger partial charge in [0.1, 0.15) is 17.7 Å². The summed E-state index contributed by atoms with van der Waals surface area (Å²) in [6.45, 7) is 8.55. The highest BCUT2D eigenvalue weighted by Crippen LogP contribution is 2.34. The first-order chi connectivity index (χ1) is 18.6. The summed E-state index contributed by atoms with van der Waals surface area (Å²) in [4.78, 5) is 29.0. The molecule has 0 aliphatic carbocycles. The van der Waals surface area contributed by atoms with E-state index in [2.05, 4.69) is 43.6 Å². The third-order valence-electron chi connectivity index (χ3n) is 6.19. The predicted octanol–water partition coefficient (Wildman–Crippen LogP) is 4.02. The number of anilines is 1. The molecule has 1 aliphatic rings. The SMILES string of the molecule is C=C(C#Cc1cnc2ccncn12)C=N/C=C(\C)C(=O)Nc1ccc(CN2CCN(C)CC2)c(C(F)(F)F)c1. The average molecular weight is 536 g/mol. The molecule has 0 atom stereocenters. The van der Waals surface area contributed by atoms with Crippen molar-refractivity contribution in [3.8, 4) is 11.8 Å². The van der Waals surface area contributed by atoms with Crippen molar-refractivity contribution in [3.05, 3.63) is 83.7 Å². The zero-order valence-electron chi connectivity index (χ0n) is 21.7. The molecule has 202 valence electrons. The Morgan fingerprint density at radius 1 is 1.23 bits per heavy atom. The number of likely N-dealkylation sites (N-methyl/N-ethyl adjacent to an activating group) is 1. The maximum Gasteiger partial charge on any atom is 0.416 e. The molecule has 1 aliphatic heterocycles. The normalized spacial score (nSPS) is 15.4. The van der Waals surface area contributed by atoms with E-state index in [0.717, 1.165) is 19.2 Å². The van der Waals surface area contributed by atoms with Crippen molar-refractivity contribution in [1.82, 2.24) is 24.2 Å². The largest absolute Gasteiger partial charge is 0.416 e. The van der Waals surface area contributed by atoms with Crippen molar-refractivity contribution >= 4 is 23.5 Å². The van der Waals surface area contributed by atoms with Crippen LogP contribution in [0.1, 0.15) is 23.7 Å². The molecule has 1 N–H and O–H groups in total. The Bertz CT molecular complexity index is 1490. The van der Waals surface area contributed by atoms with Gasteiger partial charge in [0.05, 0.1) is 11.8 Å². The number of carbonyl (C=O) groups excluding carboxylic acids is 1. The van der Waals surface area contributed by atoms with Gasteiger partial charge in [-0.15, -0.1) is 0 Å². The number of nitrogens with one attached hydrogen (secondary N) is 1. The number of amides is 1. The third-order valence-corrected chi connectivity index (χ3v) is 6.19. The Balaban J connectivity index is 1.38. The number of hydrogen-bond donors (Lipinski definition) is 1. The van der Waals surface area contributed by atoms with Crippen LogP contribution in [0.3, 0.4) is 0 Å². The van der Waals surface area contributed by atoms with Gasteiger partial charge in [-0.2, -0.15) is 13.2 Å². The van der Waals surface area contributed by atoms with E-state index in [9.17, 15) is 18.0 Å². The van der Waals surface area contributed by atoms with Crippen LogP contribution in [0.25, 0.3) is 5.65 Å². The average Bonchev–Trinajstić information content (AvgIpc) is 3.32. The number of aliphatic imine (C=N–C) groups is 1. The number of benzene rings is 1. The van der Waals surface area contributed by atoms with Crippen LogP contribution in [0, 0.1) is 11.8 Å². The van der Waals surface area contributed by atoms with E-state index >= 15 is 0 Å². The number of piperazine rings is 1. The minimum atomic E-state index is -4.54. The minimum Gasteiger partial charge on any atom is -0.322 e. The lowest BCUT2D eigenvalue weighted by molar-refractivity contribution is -0.138. The van der Waals surface area contributed by atoms with E-state index in [1.165, 1.54) is 31.5 Å². The summed E-state index contributed by atoms with van der Waals surface area (Å²) in [5, 5.41) is 2.52.